The molecule has 0 amide bonds. The van der Waals surface area contributed by atoms with E-state index in [1.807, 2.05) is 6.92 Å². The van der Waals surface area contributed by atoms with Gasteiger partial charge in [-0.3, -0.25) is 0 Å². The summed E-state index contributed by atoms with van der Waals surface area (Å²) < 4.78 is 0. The third-order valence-corrected chi connectivity index (χ3v) is 2.85. The molecular weight excluding hydrogens is 202 g/mol. The minimum Gasteiger partial charge on any atom is -0.545 e. The molecule has 0 aliphatic carbocycles. The summed E-state index contributed by atoms with van der Waals surface area (Å²) in [7, 11) is 0. The van der Waals surface area contributed by atoms with Crippen LogP contribution in [0.15, 0.2) is 18.2 Å². The molecule has 0 fully saturated rings. The SMILES string of the molecule is Cc1[nH]c2ccc(C(=O)[O-])cc2c1C(C)C. The van der Waals surface area contributed by atoms with Crippen LogP contribution in [0, 0.1) is 6.92 Å². The van der Waals surface area contributed by atoms with Gasteiger partial charge in [-0.1, -0.05) is 19.9 Å². The van der Waals surface area contributed by atoms with Crippen LogP contribution in [0.1, 0.15) is 41.4 Å². The van der Waals surface area contributed by atoms with E-state index in [-0.39, 0.29) is 5.56 Å². The van der Waals surface area contributed by atoms with Crippen LogP contribution < -0.4 is 5.11 Å². The maximum Gasteiger partial charge on any atom is 0.0715 e. The number of hydrogen-bond acceptors (Lipinski definition) is 2. The first-order chi connectivity index (χ1) is 7.50. The van der Waals surface area contributed by atoms with Crippen molar-refractivity contribution in [3.05, 3.63) is 35.0 Å². The number of carbonyl (C=O) groups excluding carboxylic acids is 1. The maximum absolute atomic E-state index is 10.8. The summed E-state index contributed by atoms with van der Waals surface area (Å²) in [6, 6.07) is 5.04. The van der Waals surface area contributed by atoms with Crippen molar-refractivity contribution in [1.29, 1.82) is 0 Å². The summed E-state index contributed by atoms with van der Waals surface area (Å²) in [6.45, 7) is 6.20. The number of aryl methyl sites for hydroxylation is 1. The molecule has 0 saturated carbocycles. The number of aromatic carboxylic acids is 1. The first-order valence-corrected chi connectivity index (χ1v) is 5.34. The summed E-state index contributed by atoms with van der Waals surface area (Å²) in [6.07, 6.45) is 0. The molecule has 0 aliphatic rings. The number of H-pyrrole nitrogens is 1. The minimum absolute atomic E-state index is 0.230. The summed E-state index contributed by atoms with van der Waals surface area (Å²) in [5, 5.41) is 11.8. The van der Waals surface area contributed by atoms with E-state index >= 15 is 0 Å². The second-order valence-corrected chi connectivity index (χ2v) is 4.37. The van der Waals surface area contributed by atoms with Gasteiger partial charge in [0.05, 0.1) is 5.97 Å². The number of aromatic amines is 1. The number of carboxylic acid groups (broad SMARTS) is 1. The molecule has 0 saturated heterocycles. The van der Waals surface area contributed by atoms with Crippen LogP contribution in [0.25, 0.3) is 10.9 Å². The van der Waals surface area contributed by atoms with Gasteiger partial charge in [0.15, 0.2) is 0 Å². The Hall–Kier alpha value is -1.77. The molecule has 0 aliphatic heterocycles. The number of fused-ring (bicyclic) bond motifs is 1. The fourth-order valence-electron chi connectivity index (χ4n) is 2.22. The monoisotopic (exact) mass is 216 g/mol. The quantitative estimate of drug-likeness (QED) is 0.834. The molecule has 0 spiro atoms. The van der Waals surface area contributed by atoms with Gasteiger partial charge in [-0.25, -0.2) is 0 Å². The first kappa shape index (κ1) is 10.7. The average molecular weight is 216 g/mol. The van der Waals surface area contributed by atoms with Crippen molar-refractivity contribution >= 4 is 16.9 Å². The van der Waals surface area contributed by atoms with Gasteiger partial charge in [-0.2, -0.15) is 0 Å². The Labute approximate surface area is 94.1 Å². The van der Waals surface area contributed by atoms with E-state index in [1.54, 1.807) is 18.2 Å². The summed E-state index contributed by atoms with van der Waals surface area (Å²) >= 11 is 0. The lowest BCUT2D eigenvalue weighted by atomic mass is 9.99. The molecule has 16 heavy (non-hydrogen) atoms. The van der Waals surface area contributed by atoms with Crippen molar-refractivity contribution in [3.8, 4) is 0 Å². The number of carboxylic acids is 1. The predicted molar refractivity (Wildman–Crippen MR) is 61.5 cm³/mol. The fourth-order valence-corrected chi connectivity index (χ4v) is 2.22. The van der Waals surface area contributed by atoms with Gasteiger partial charge in [-0.15, -0.1) is 0 Å². The summed E-state index contributed by atoms with van der Waals surface area (Å²) in [5.74, 6) is -0.763. The molecule has 1 N–H and O–H groups in total. The van der Waals surface area contributed by atoms with Gasteiger partial charge >= 0.3 is 0 Å². The van der Waals surface area contributed by atoms with Gasteiger partial charge < -0.3 is 14.9 Å². The van der Waals surface area contributed by atoms with E-state index in [0.29, 0.717) is 5.92 Å². The Balaban J connectivity index is 2.74. The third-order valence-electron chi connectivity index (χ3n) is 2.85. The van der Waals surface area contributed by atoms with Gasteiger partial charge in [0.2, 0.25) is 0 Å². The normalized spacial score (nSPS) is 11.2. The van der Waals surface area contributed by atoms with Crippen LogP contribution in [-0.2, 0) is 0 Å². The number of benzene rings is 1. The topological polar surface area (TPSA) is 55.9 Å². The average Bonchev–Trinajstić information content (AvgIpc) is 2.51. The highest BCUT2D eigenvalue weighted by Crippen LogP contribution is 2.29. The van der Waals surface area contributed by atoms with E-state index in [9.17, 15) is 9.90 Å². The van der Waals surface area contributed by atoms with Crippen LogP contribution in [0.5, 0.6) is 0 Å². The van der Waals surface area contributed by atoms with Gasteiger partial charge in [0.1, 0.15) is 0 Å². The van der Waals surface area contributed by atoms with E-state index in [0.717, 1.165) is 16.6 Å². The van der Waals surface area contributed by atoms with Crippen molar-refractivity contribution in [2.24, 2.45) is 0 Å². The van der Waals surface area contributed by atoms with Crippen molar-refractivity contribution in [2.75, 3.05) is 0 Å². The molecule has 3 nitrogen and oxygen atoms in total. The van der Waals surface area contributed by atoms with E-state index in [1.165, 1.54) is 5.56 Å². The number of nitrogens with one attached hydrogen (secondary N) is 1. The second kappa shape index (κ2) is 3.67. The molecule has 0 unspecified atom stereocenters. The van der Waals surface area contributed by atoms with Crippen LogP contribution in [0.2, 0.25) is 0 Å². The third kappa shape index (κ3) is 1.58. The Morgan fingerprint density at radius 2 is 2.06 bits per heavy atom. The summed E-state index contributed by atoms with van der Waals surface area (Å²) in [4.78, 5) is 14.1. The van der Waals surface area contributed by atoms with Crippen molar-refractivity contribution in [2.45, 2.75) is 26.7 Å². The largest absolute Gasteiger partial charge is 0.545 e. The Morgan fingerprint density at radius 1 is 1.38 bits per heavy atom. The van der Waals surface area contributed by atoms with Crippen LogP contribution in [0.3, 0.4) is 0 Å². The van der Waals surface area contributed by atoms with Gasteiger partial charge in [0.25, 0.3) is 0 Å². The maximum atomic E-state index is 10.8. The molecule has 0 bridgehead atoms. The number of carbonyl (C=O) groups is 1. The molecule has 2 aromatic rings. The standard InChI is InChI=1S/C13H15NO2/c1-7(2)12-8(3)14-11-5-4-9(13(15)16)6-10(11)12/h4-7,14H,1-3H3,(H,15,16)/p-1. The highest BCUT2D eigenvalue weighted by molar-refractivity contribution is 5.94. The van der Waals surface area contributed by atoms with Gasteiger partial charge in [-0.05, 0) is 36.1 Å². The minimum atomic E-state index is -1.13. The lowest BCUT2D eigenvalue weighted by Crippen LogP contribution is -2.21. The molecule has 2 rings (SSSR count). The van der Waals surface area contributed by atoms with Crippen LogP contribution in [-0.4, -0.2) is 11.0 Å². The zero-order chi connectivity index (χ0) is 11.9. The fraction of sp³-hybridized carbons (Fsp3) is 0.308. The van der Waals surface area contributed by atoms with Crippen LogP contribution >= 0.6 is 0 Å². The molecule has 0 atom stereocenters. The van der Waals surface area contributed by atoms with Crippen molar-refractivity contribution < 1.29 is 9.90 Å². The zero-order valence-electron chi connectivity index (χ0n) is 9.63. The molecule has 1 heterocycles. The smallest absolute Gasteiger partial charge is 0.0715 e. The van der Waals surface area contributed by atoms with Crippen LogP contribution in [0.4, 0.5) is 0 Å². The second-order valence-electron chi connectivity index (χ2n) is 4.37. The lowest BCUT2D eigenvalue weighted by molar-refractivity contribution is -0.255. The Kier molecular flexibility index (Phi) is 2.46. The number of aromatic nitrogens is 1. The first-order valence-electron chi connectivity index (χ1n) is 5.34. The number of rotatable bonds is 2. The Morgan fingerprint density at radius 3 is 2.62 bits per heavy atom. The predicted octanol–water partition coefficient (Wildman–Crippen LogP) is 1.96. The number of hydrogen-bond donors (Lipinski definition) is 1. The zero-order valence-corrected chi connectivity index (χ0v) is 9.63. The van der Waals surface area contributed by atoms with Crippen molar-refractivity contribution in [1.82, 2.24) is 4.98 Å². The van der Waals surface area contributed by atoms with E-state index < -0.39 is 5.97 Å². The highest BCUT2D eigenvalue weighted by Gasteiger charge is 2.11. The lowest BCUT2D eigenvalue weighted by Gasteiger charge is -2.06. The molecular formula is C13H14NO2-. The van der Waals surface area contributed by atoms with E-state index in [2.05, 4.69) is 18.8 Å². The van der Waals surface area contributed by atoms with Gasteiger partial charge in [0, 0.05) is 16.6 Å². The Bertz CT molecular complexity index is 552. The highest BCUT2D eigenvalue weighted by atomic mass is 16.4. The molecule has 1 aromatic heterocycles. The molecule has 1 aromatic carbocycles. The molecule has 3 heteroatoms. The van der Waals surface area contributed by atoms with Crippen molar-refractivity contribution in [3.63, 3.8) is 0 Å². The summed E-state index contributed by atoms with van der Waals surface area (Å²) in [5.41, 5.74) is 3.48. The van der Waals surface area contributed by atoms with E-state index in [4.69, 9.17) is 0 Å². The molecule has 0 radical (unpaired) electrons. The molecule has 84 valence electrons.